The van der Waals surface area contributed by atoms with Gasteiger partial charge in [0, 0.05) is 18.7 Å². The Morgan fingerprint density at radius 3 is 2.42 bits per heavy atom. The molecule has 11 heteroatoms. The lowest BCUT2D eigenvalue weighted by atomic mass is 10.0. The third-order valence-electron chi connectivity index (χ3n) is 5.10. The van der Waals surface area contributed by atoms with E-state index in [-0.39, 0.29) is 24.5 Å². The molecule has 4 unspecified atom stereocenters. The lowest BCUT2D eigenvalue weighted by Crippen LogP contribution is -2.57. The van der Waals surface area contributed by atoms with Gasteiger partial charge in [0.15, 0.2) is 0 Å². The molecular weight excluding hydrogens is 424 g/mol. The van der Waals surface area contributed by atoms with Crippen molar-refractivity contribution in [3.8, 4) is 5.75 Å². The third kappa shape index (κ3) is 6.59. The van der Waals surface area contributed by atoms with Crippen LogP contribution >= 0.6 is 12.6 Å². The Morgan fingerprint density at radius 1 is 1.19 bits per heavy atom. The van der Waals surface area contributed by atoms with Crippen LogP contribution in [0.2, 0.25) is 0 Å². The lowest BCUT2D eigenvalue weighted by molar-refractivity contribution is -0.149. The Morgan fingerprint density at radius 2 is 1.84 bits per heavy atom. The van der Waals surface area contributed by atoms with Crippen LogP contribution < -0.4 is 16.4 Å². The van der Waals surface area contributed by atoms with Gasteiger partial charge >= 0.3 is 5.97 Å². The van der Waals surface area contributed by atoms with Gasteiger partial charge in [-0.1, -0.05) is 12.1 Å². The van der Waals surface area contributed by atoms with Crippen molar-refractivity contribution < 1.29 is 29.4 Å². The lowest BCUT2D eigenvalue weighted by Gasteiger charge is -2.28. The molecule has 4 atom stereocenters. The number of nitrogens with zero attached hydrogens (tertiary/aromatic N) is 1. The highest BCUT2D eigenvalue weighted by atomic mass is 32.1. The average Bonchev–Trinajstić information content (AvgIpc) is 3.23. The first-order chi connectivity index (χ1) is 14.6. The summed E-state index contributed by atoms with van der Waals surface area (Å²) in [6, 6.07) is 2.28. The molecule has 0 bridgehead atoms. The number of aliphatic carboxylic acids is 1. The number of phenols is 1. The summed E-state index contributed by atoms with van der Waals surface area (Å²) in [4.78, 5) is 50.5. The van der Waals surface area contributed by atoms with Crippen molar-refractivity contribution in [2.75, 3.05) is 12.3 Å². The van der Waals surface area contributed by atoms with Crippen LogP contribution in [-0.4, -0.2) is 75.3 Å². The molecule has 1 aliphatic rings. The van der Waals surface area contributed by atoms with E-state index in [9.17, 15) is 29.4 Å². The van der Waals surface area contributed by atoms with Gasteiger partial charge < -0.3 is 31.5 Å². The fourth-order valence-corrected chi connectivity index (χ4v) is 3.49. The summed E-state index contributed by atoms with van der Waals surface area (Å²) in [5.74, 6) is -2.61. The number of aromatic hydroxyl groups is 1. The van der Waals surface area contributed by atoms with Crippen LogP contribution in [-0.2, 0) is 25.6 Å². The smallest absolute Gasteiger partial charge is 0.326 e. The van der Waals surface area contributed by atoms with Crippen molar-refractivity contribution in [2.45, 2.75) is 50.4 Å². The number of carboxylic acid groups (broad SMARTS) is 1. The van der Waals surface area contributed by atoms with Crippen LogP contribution in [0.15, 0.2) is 24.3 Å². The first-order valence-corrected chi connectivity index (χ1v) is 10.6. The Labute approximate surface area is 185 Å². The summed E-state index contributed by atoms with van der Waals surface area (Å²) in [5.41, 5.74) is 6.26. The van der Waals surface area contributed by atoms with Crippen molar-refractivity contribution in [1.29, 1.82) is 0 Å². The third-order valence-corrected chi connectivity index (χ3v) is 5.49. The molecule has 1 aromatic carbocycles. The van der Waals surface area contributed by atoms with E-state index in [1.807, 2.05) is 0 Å². The van der Waals surface area contributed by atoms with Crippen LogP contribution in [0.4, 0.5) is 0 Å². The summed E-state index contributed by atoms with van der Waals surface area (Å²) in [6.45, 7) is 1.73. The van der Waals surface area contributed by atoms with Crippen LogP contribution in [0.5, 0.6) is 5.75 Å². The van der Waals surface area contributed by atoms with E-state index >= 15 is 0 Å². The Kier molecular flexibility index (Phi) is 8.69. The van der Waals surface area contributed by atoms with Crippen molar-refractivity contribution in [2.24, 2.45) is 5.73 Å². The summed E-state index contributed by atoms with van der Waals surface area (Å²) in [7, 11) is 0. The maximum atomic E-state index is 13.1. The molecule has 1 aromatic rings. The van der Waals surface area contributed by atoms with E-state index in [1.165, 1.54) is 24.0 Å². The number of carbonyl (C=O) groups is 4. The molecular formula is C20H28N4O6S. The predicted molar refractivity (Wildman–Crippen MR) is 116 cm³/mol. The van der Waals surface area contributed by atoms with E-state index in [1.54, 1.807) is 12.1 Å². The molecule has 10 nitrogen and oxygen atoms in total. The van der Waals surface area contributed by atoms with Gasteiger partial charge in [0.05, 0.1) is 6.04 Å². The first kappa shape index (κ1) is 24.5. The van der Waals surface area contributed by atoms with E-state index in [0.717, 1.165) is 0 Å². The number of hydrogen-bond donors (Lipinski definition) is 6. The number of thiol groups is 1. The highest BCUT2D eigenvalue weighted by Crippen LogP contribution is 2.20. The number of carboxylic acids is 1. The fraction of sp³-hybridized carbons (Fsp3) is 0.500. The van der Waals surface area contributed by atoms with Gasteiger partial charge in [-0.15, -0.1) is 0 Å². The largest absolute Gasteiger partial charge is 0.508 e. The highest BCUT2D eigenvalue weighted by molar-refractivity contribution is 7.80. The summed E-state index contributed by atoms with van der Waals surface area (Å²) in [5, 5.41) is 24.0. The molecule has 1 heterocycles. The Bertz CT molecular complexity index is 818. The fourth-order valence-electron chi connectivity index (χ4n) is 3.32. The molecule has 1 fully saturated rings. The second-order valence-electron chi connectivity index (χ2n) is 7.48. The number of carbonyl (C=O) groups excluding carboxylic acids is 3. The number of rotatable bonds is 9. The molecule has 0 aromatic heterocycles. The second-order valence-corrected chi connectivity index (χ2v) is 7.84. The van der Waals surface area contributed by atoms with Crippen molar-refractivity contribution in [1.82, 2.24) is 15.5 Å². The monoisotopic (exact) mass is 452 g/mol. The predicted octanol–water partition coefficient (Wildman–Crippen LogP) is -0.743. The molecule has 3 amide bonds. The van der Waals surface area contributed by atoms with E-state index in [0.29, 0.717) is 18.4 Å². The minimum atomic E-state index is -1.10. The number of likely N-dealkylation sites (tertiary alicyclic amines) is 1. The molecule has 2 rings (SSSR count). The van der Waals surface area contributed by atoms with Crippen LogP contribution in [0, 0.1) is 0 Å². The van der Waals surface area contributed by atoms with Crippen molar-refractivity contribution in [3.63, 3.8) is 0 Å². The van der Waals surface area contributed by atoms with E-state index < -0.39 is 47.9 Å². The summed E-state index contributed by atoms with van der Waals surface area (Å²) < 4.78 is 0. The van der Waals surface area contributed by atoms with Gasteiger partial charge in [-0.05, 0) is 37.5 Å². The van der Waals surface area contributed by atoms with Crippen LogP contribution in [0.1, 0.15) is 25.3 Å². The number of hydrogen-bond acceptors (Lipinski definition) is 7. The summed E-state index contributed by atoms with van der Waals surface area (Å²) >= 11 is 3.95. The van der Waals surface area contributed by atoms with Gasteiger partial charge in [-0.25, -0.2) is 4.79 Å². The summed E-state index contributed by atoms with van der Waals surface area (Å²) in [6.07, 6.45) is 0.982. The Balaban J connectivity index is 2.17. The normalized spacial score (nSPS) is 18.7. The molecule has 0 aliphatic carbocycles. The maximum Gasteiger partial charge on any atom is 0.326 e. The molecule has 6 N–H and O–H groups in total. The highest BCUT2D eigenvalue weighted by Gasteiger charge is 2.38. The average molecular weight is 453 g/mol. The quantitative estimate of drug-likeness (QED) is 0.269. The SMILES string of the molecule is CC(NC(=O)C(N)CS)C(=O)NC(Cc1ccc(O)cc1)C(=O)N1CCCC1C(=O)O. The van der Waals surface area contributed by atoms with Gasteiger partial charge in [0.1, 0.15) is 23.9 Å². The van der Waals surface area contributed by atoms with Gasteiger partial charge in [-0.3, -0.25) is 14.4 Å². The number of nitrogens with one attached hydrogen (secondary N) is 2. The molecule has 0 saturated carbocycles. The second kappa shape index (κ2) is 11.0. The minimum absolute atomic E-state index is 0.0537. The van der Waals surface area contributed by atoms with Gasteiger partial charge in [0.25, 0.3) is 0 Å². The number of benzene rings is 1. The number of phenolic OH excluding ortho intramolecular Hbond substituents is 1. The molecule has 0 radical (unpaired) electrons. The zero-order valence-electron chi connectivity index (χ0n) is 17.2. The Hall–Kier alpha value is -2.79. The molecule has 170 valence electrons. The molecule has 0 spiro atoms. The number of nitrogens with two attached hydrogens (primary N) is 1. The zero-order chi connectivity index (χ0) is 23.1. The van der Waals surface area contributed by atoms with Crippen LogP contribution in [0.25, 0.3) is 0 Å². The van der Waals surface area contributed by atoms with Gasteiger partial charge in [-0.2, -0.15) is 12.6 Å². The maximum absolute atomic E-state index is 13.1. The minimum Gasteiger partial charge on any atom is -0.508 e. The van der Waals surface area contributed by atoms with Gasteiger partial charge in [0.2, 0.25) is 17.7 Å². The van der Waals surface area contributed by atoms with E-state index in [2.05, 4.69) is 23.3 Å². The van der Waals surface area contributed by atoms with Crippen molar-refractivity contribution >= 4 is 36.3 Å². The standard InChI is InChI=1S/C20H28N4O6S/c1-11(22-18(27)14(21)10-31)17(26)23-15(9-12-4-6-13(25)7-5-12)19(28)24-8-2-3-16(24)20(29)30/h4-7,11,14-16,25,31H,2-3,8-10,21H2,1H3,(H,22,27)(H,23,26)(H,29,30). The molecule has 1 aliphatic heterocycles. The molecule has 31 heavy (non-hydrogen) atoms. The number of amides is 3. The van der Waals surface area contributed by atoms with Crippen molar-refractivity contribution in [3.05, 3.63) is 29.8 Å². The first-order valence-electron chi connectivity index (χ1n) is 9.92. The van der Waals surface area contributed by atoms with Crippen LogP contribution in [0.3, 0.4) is 0 Å². The topological polar surface area (TPSA) is 162 Å². The van der Waals surface area contributed by atoms with E-state index in [4.69, 9.17) is 5.73 Å². The zero-order valence-corrected chi connectivity index (χ0v) is 18.0. The molecule has 1 saturated heterocycles.